The molecule has 0 aromatic carbocycles. The van der Waals surface area contributed by atoms with E-state index in [9.17, 15) is 9.35 Å². The molecule has 184 valence electrons. The Morgan fingerprint density at radius 3 is 2.44 bits per heavy atom. The summed E-state index contributed by atoms with van der Waals surface area (Å²) in [5, 5.41) is 2.71. The second-order valence-corrected chi connectivity index (χ2v) is 11.4. The summed E-state index contributed by atoms with van der Waals surface area (Å²) in [6.45, 7) is 17.9. The molecule has 1 fully saturated rings. The lowest BCUT2D eigenvalue weighted by Gasteiger charge is -2.35. The van der Waals surface area contributed by atoms with Gasteiger partial charge in [0.15, 0.2) is 0 Å². The number of carbonyl (C=O) groups is 1. The molecular weight excluding hydrogens is 429 g/mol. The minimum Gasteiger partial charge on any atom is -0.598 e. The molecule has 0 saturated carbocycles. The predicted octanol–water partition coefficient (Wildman–Crippen LogP) is 4.14. The maximum absolute atomic E-state index is 15.3. The third-order valence-corrected chi connectivity index (χ3v) is 6.64. The normalized spacial score (nSPS) is 22.3. The van der Waals surface area contributed by atoms with E-state index in [-0.39, 0.29) is 35.0 Å². The largest absolute Gasteiger partial charge is 0.598 e. The average molecular weight is 472 g/mol. The van der Waals surface area contributed by atoms with E-state index in [4.69, 9.17) is 4.74 Å². The van der Waals surface area contributed by atoms with Crippen molar-refractivity contribution in [2.45, 2.75) is 84.2 Å². The molecule has 1 aliphatic heterocycles. The molecule has 8 heteroatoms. The number of ether oxygens (including phenoxy) is 1. The molecule has 1 heterocycles. The van der Waals surface area contributed by atoms with Gasteiger partial charge in [-0.2, -0.15) is 0 Å². The van der Waals surface area contributed by atoms with Crippen LogP contribution < -0.4 is 10.0 Å². The van der Waals surface area contributed by atoms with Gasteiger partial charge in [0.25, 0.3) is 0 Å². The van der Waals surface area contributed by atoms with Gasteiger partial charge in [0.2, 0.25) is 5.91 Å². The summed E-state index contributed by atoms with van der Waals surface area (Å²) < 4.78 is 35.7. The first-order chi connectivity index (χ1) is 15.0. The highest BCUT2D eigenvalue weighted by Gasteiger charge is 2.26. The fourth-order valence-corrected chi connectivity index (χ4v) is 4.27. The van der Waals surface area contributed by atoms with Crippen molar-refractivity contribution >= 4 is 17.3 Å². The van der Waals surface area contributed by atoms with Gasteiger partial charge in [-0.05, 0) is 65.5 Å². The number of amides is 1. The van der Waals surface area contributed by atoms with E-state index in [0.29, 0.717) is 37.9 Å². The fourth-order valence-electron chi connectivity index (χ4n) is 3.50. The Bertz CT molecular complexity index is 666. The first-order valence-corrected chi connectivity index (χ1v) is 12.7. The molecule has 1 rings (SSSR count). The van der Waals surface area contributed by atoms with Crippen LogP contribution >= 0.6 is 0 Å². The molecule has 1 saturated heterocycles. The lowest BCUT2D eigenvalue weighted by Crippen LogP contribution is -2.46. The van der Waals surface area contributed by atoms with Crippen molar-refractivity contribution in [1.29, 1.82) is 0 Å². The zero-order valence-corrected chi connectivity index (χ0v) is 21.4. The molecule has 32 heavy (non-hydrogen) atoms. The van der Waals surface area contributed by atoms with E-state index in [2.05, 4.69) is 21.5 Å². The average Bonchev–Trinajstić information content (AvgIpc) is 2.69. The van der Waals surface area contributed by atoms with Crippen LogP contribution in [0.1, 0.15) is 67.2 Å². The van der Waals surface area contributed by atoms with Crippen LogP contribution in [0.4, 0.5) is 4.39 Å². The van der Waals surface area contributed by atoms with Crippen molar-refractivity contribution in [3.05, 3.63) is 35.8 Å². The third-order valence-electron chi connectivity index (χ3n) is 5.06. The number of unbranched alkanes of at least 4 members (excludes halogenated alkanes) is 1. The second-order valence-electron chi connectivity index (χ2n) is 9.32. The van der Waals surface area contributed by atoms with Crippen LogP contribution in [0.15, 0.2) is 35.8 Å². The van der Waals surface area contributed by atoms with E-state index in [1.165, 1.54) is 12.2 Å². The van der Waals surface area contributed by atoms with Crippen LogP contribution in [-0.2, 0) is 20.9 Å². The Kier molecular flexibility index (Phi) is 12.8. The maximum atomic E-state index is 15.3. The van der Waals surface area contributed by atoms with Gasteiger partial charge >= 0.3 is 0 Å². The summed E-state index contributed by atoms with van der Waals surface area (Å²) in [5.41, 5.74) is 0.803. The fraction of sp³-hybridized carbons (Fsp3) is 0.708. The molecule has 0 radical (unpaired) electrons. The van der Waals surface area contributed by atoms with E-state index in [1.54, 1.807) is 0 Å². The van der Waals surface area contributed by atoms with E-state index in [1.807, 2.05) is 41.5 Å². The summed E-state index contributed by atoms with van der Waals surface area (Å²) >= 11 is -1.12. The Labute approximate surface area is 197 Å². The van der Waals surface area contributed by atoms with Gasteiger partial charge in [0.05, 0.1) is 17.9 Å². The molecule has 0 spiro atoms. The Hall–Kier alpha value is -1.19. The summed E-state index contributed by atoms with van der Waals surface area (Å²) in [6, 6.07) is 0. The first kappa shape index (κ1) is 28.8. The first-order valence-electron chi connectivity index (χ1n) is 11.5. The van der Waals surface area contributed by atoms with Gasteiger partial charge in [0, 0.05) is 44.0 Å². The standard InChI is InChI=1S/C24H42FN3O3S/c1-8-12-21(27-22(29)13-10-11-14-26-32(30)24(5,6)7)23(25)20(9-2)17-28-15-18(3)31-19(4)16-28/h8,12,18-19,26H,1,9-11,13-17H2,2-7H3,(H,27,29)/b21-12+,23-20+. The summed E-state index contributed by atoms with van der Waals surface area (Å²) in [7, 11) is 0. The van der Waals surface area contributed by atoms with Gasteiger partial charge in [-0.1, -0.05) is 19.6 Å². The molecular formula is C24H42FN3O3S. The van der Waals surface area contributed by atoms with E-state index < -0.39 is 17.2 Å². The molecule has 6 nitrogen and oxygen atoms in total. The van der Waals surface area contributed by atoms with Crippen molar-refractivity contribution in [3.8, 4) is 0 Å². The number of nitrogens with zero attached hydrogens (tertiary/aromatic N) is 1. The van der Waals surface area contributed by atoms with Crippen LogP contribution in [0.25, 0.3) is 0 Å². The van der Waals surface area contributed by atoms with Gasteiger partial charge in [-0.25, -0.2) is 4.39 Å². The smallest absolute Gasteiger partial charge is 0.224 e. The lowest BCUT2D eigenvalue weighted by molar-refractivity contribution is -0.120. The number of allylic oxidation sites excluding steroid dienone is 3. The highest BCUT2D eigenvalue weighted by atomic mass is 32.2. The summed E-state index contributed by atoms with van der Waals surface area (Å²) in [5.74, 6) is -0.635. The zero-order valence-electron chi connectivity index (χ0n) is 20.6. The van der Waals surface area contributed by atoms with Crippen molar-refractivity contribution in [2.75, 3.05) is 26.2 Å². The molecule has 0 aromatic heterocycles. The van der Waals surface area contributed by atoms with Crippen LogP contribution in [0.3, 0.4) is 0 Å². The predicted molar refractivity (Wildman–Crippen MR) is 131 cm³/mol. The number of rotatable bonds is 12. The molecule has 1 amide bonds. The summed E-state index contributed by atoms with van der Waals surface area (Å²) in [6.07, 6.45) is 5.35. The monoisotopic (exact) mass is 471 g/mol. The maximum Gasteiger partial charge on any atom is 0.224 e. The van der Waals surface area contributed by atoms with Crippen LogP contribution in [0, 0.1) is 0 Å². The second kappa shape index (κ2) is 14.2. The molecule has 3 unspecified atom stereocenters. The number of hydrogen-bond acceptors (Lipinski definition) is 5. The van der Waals surface area contributed by atoms with Crippen molar-refractivity contribution in [2.24, 2.45) is 0 Å². The Balaban J connectivity index is 2.63. The molecule has 2 N–H and O–H groups in total. The lowest BCUT2D eigenvalue weighted by atomic mass is 10.1. The van der Waals surface area contributed by atoms with Crippen molar-refractivity contribution in [1.82, 2.24) is 14.9 Å². The van der Waals surface area contributed by atoms with Crippen LogP contribution in [-0.4, -0.2) is 58.5 Å². The van der Waals surface area contributed by atoms with E-state index in [0.717, 1.165) is 13.1 Å². The van der Waals surface area contributed by atoms with Crippen LogP contribution in [0.5, 0.6) is 0 Å². The molecule has 0 bridgehead atoms. The van der Waals surface area contributed by atoms with Gasteiger partial charge < -0.3 is 14.6 Å². The molecule has 0 aliphatic carbocycles. The number of morpholine rings is 1. The highest BCUT2D eigenvalue weighted by Crippen LogP contribution is 2.21. The SMILES string of the molecule is C=C/C=C(NC(=O)CCCCN[S+]([O-])C(C)(C)C)\C(F)=C(\CC)CN1CC(C)OC(C)C1. The molecule has 1 aliphatic rings. The summed E-state index contributed by atoms with van der Waals surface area (Å²) in [4.78, 5) is 14.6. The molecule has 3 atom stereocenters. The van der Waals surface area contributed by atoms with Gasteiger partial charge in [0.1, 0.15) is 10.6 Å². The topological polar surface area (TPSA) is 76.7 Å². The number of carbonyl (C=O) groups excluding carboxylic acids is 1. The van der Waals surface area contributed by atoms with Crippen molar-refractivity contribution in [3.63, 3.8) is 0 Å². The quantitative estimate of drug-likeness (QED) is 0.254. The van der Waals surface area contributed by atoms with Crippen LogP contribution in [0.2, 0.25) is 0 Å². The van der Waals surface area contributed by atoms with E-state index >= 15 is 4.39 Å². The van der Waals surface area contributed by atoms with Crippen molar-refractivity contribution < 1.29 is 18.5 Å². The Morgan fingerprint density at radius 2 is 1.91 bits per heavy atom. The number of halogens is 1. The molecule has 0 aromatic rings. The minimum absolute atomic E-state index is 0.109. The minimum atomic E-state index is -1.12. The number of nitrogens with one attached hydrogen (secondary N) is 2. The van der Waals surface area contributed by atoms with Gasteiger partial charge in [-0.3, -0.25) is 9.69 Å². The third kappa shape index (κ3) is 10.6. The van der Waals surface area contributed by atoms with Gasteiger partial charge in [-0.15, -0.1) is 4.72 Å². The zero-order chi connectivity index (χ0) is 24.3. The number of hydrogen-bond donors (Lipinski definition) is 2. The Morgan fingerprint density at radius 1 is 1.28 bits per heavy atom. The highest BCUT2D eigenvalue weighted by molar-refractivity contribution is 7.90.